The molecule has 0 aliphatic carbocycles. The van der Waals surface area contributed by atoms with E-state index in [0.717, 1.165) is 5.56 Å². The number of furan rings is 1. The molecule has 0 bridgehead atoms. The molecule has 30 heavy (non-hydrogen) atoms. The van der Waals surface area contributed by atoms with Crippen molar-refractivity contribution in [1.29, 1.82) is 0 Å². The number of rotatable bonds is 6. The van der Waals surface area contributed by atoms with Crippen molar-refractivity contribution >= 4 is 16.9 Å². The van der Waals surface area contributed by atoms with Gasteiger partial charge in [-0.2, -0.15) is 0 Å². The van der Waals surface area contributed by atoms with Crippen molar-refractivity contribution in [2.24, 2.45) is 0 Å². The van der Waals surface area contributed by atoms with E-state index in [1.165, 1.54) is 7.11 Å². The second-order valence-corrected chi connectivity index (χ2v) is 7.07. The average Bonchev–Trinajstić information content (AvgIpc) is 3.23. The average molecular weight is 417 g/mol. The molecule has 3 heterocycles. The molecular formula is C21H21F2N3O4. The summed E-state index contributed by atoms with van der Waals surface area (Å²) in [6, 6.07) is 7.40. The number of carbonyl (C=O) groups excluding carboxylic acids is 1. The molecule has 1 unspecified atom stereocenters. The van der Waals surface area contributed by atoms with E-state index in [1.807, 2.05) is 6.07 Å². The van der Waals surface area contributed by atoms with Crippen molar-refractivity contribution in [2.45, 2.75) is 25.5 Å². The van der Waals surface area contributed by atoms with Crippen molar-refractivity contribution in [3.63, 3.8) is 0 Å². The lowest BCUT2D eigenvalue weighted by molar-refractivity contribution is -0.00247. The number of carbonyl (C=O) groups is 1. The fourth-order valence-corrected chi connectivity index (χ4v) is 3.49. The van der Waals surface area contributed by atoms with Crippen LogP contribution in [0, 0.1) is 6.92 Å². The number of aromatic nitrogens is 1. The minimum Gasteiger partial charge on any atom is -0.489 e. The molecular weight excluding hydrogens is 396 g/mol. The van der Waals surface area contributed by atoms with Gasteiger partial charge in [0.25, 0.3) is 11.8 Å². The molecule has 2 aromatic heterocycles. The second-order valence-electron chi connectivity index (χ2n) is 7.07. The molecule has 1 aromatic carbocycles. The molecule has 0 spiro atoms. The number of nitrogens with one attached hydrogen (secondary N) is 2. The van der Waals surface area contributed by atoms with E-state index in [2.05, 4.69) is 15.6 Å². The van der Waals surface area contributed by atoms with Gasteiger partial charge in [0.05, 0.1) is 24.8 Å². The molecule has 1 aliphatic heterocycles. The Kier molecular flexibility index (Phi) is 5.29. The third-order valence-corrected chi connectivity index (χ3v) is 5.02. The van der Waals surface area contributed by atoms with E-state index in [0.29, 0.717) is 28.4 Å². The zero-order valence-corrected chi connectivity index (χ0v) is 16.5. The summed E-state index contributed by atoms with van der Waals surface area (Å²) < 4.78 is 44.4. The van der Waals surface area contributed by atoms with Crippen LogP contribution < -0.4 is 20.1 Å². The van der Waals surface area contributed by atoms with Gasteiger partial charge in [-0.05, 0) is 37.3 Å². The third-order valence-electron chi connectivity index (χ3n) is 5.02. The normalized spacial score (nSPS) is 17.8. The summed E-state index contributed by atoms with van der Waals surface area (Å²) in [6.07, 6.45) is 1.62. The van der Waals surface area contributed by atoms with Crippen LogP contribution in [0.1, 0.15) is 21.7 Å². The summed E-state index contributed by atoms with van der Waals surface area (Å²) in [5.41, 5.74) is 1.45. The Morgan fingerprint density at radius 3 is 2.97 bits per heavy atom. The van der Waals surface area contributed by atoms with E-state index in [4.69, 9.17) is 13.9 Å². The first-order valence-electron chi connectivity index (χ1n) is 9.42. The number of amides is 1. The predicted molar refractivity (Wildman–Crippen MR) is 105 cm³/mol. The Labute approximate surface area is 171 Å². The molecule has 158 valence electrons. The molecule has 1 saturated heterocycles. The number of methoxy groups -OCH3 is 1. The summed E-state index contributed by atoms with van der Waals surface area (Å²) >= 11 is 0. The van der Waals surface area contributed by atoms with Crippen LogP contribution in [0.15, 0.2) is 40.9 Å². The number of nitrogens with zero attached hydrogens (tertiary/aromatic N) is 1. The van der Waals surface area contributed by atoms with Gasteiger partial charge in [-0.1, -0.05) is 0 Å². The number of hydrogen-bond donors (Lipinski definition) is 2. The quantitative estimate of drug-likeness (QED) is 0.641. The summed E-state index contributed by atoms with van der Waals surface area (Å²) in [7, 11) is 1.53. The highest BCUT2D eigenvalue weighted by atomic mass is 19.3. The number of fused-ring (bicyclic) bond motifs is 1. The Hall–Kier alpha value is -3.20. The van der Waals surface area contributed by atoms with Gasteiger partial charge in [-0.15, -0.1) is 0 Å². The molecule has 4 rings (SSSR count). The molecule has 9 heteroatoms. The first-order valence-corrected chi connectivity index (χ1v) is 9.42. The van der Waals surface area contributed by atoms with Crippen LogP contribution in [0.5, 0.6) is 11.6 Å². The molecule has 1 atom stereocenters. The Balaban J connectivity index is 1.57. The van der Waals surface area contributed by atoms with Crippen LogP contribution in [-0.4, -0.2) is 43.1 Å². The van der Waals surface area contributed by atoms with Crippen molar-refractivity contribution in [3.05, 3.63) is 53.4 Å². The lowest BCUT2D eigenvalue weighted by atomic mass is 10.1. The molecule has 3 aromatic rings. The smallest absolute Gasteiger partial charge is 0.281 e. The molecule has 2 N–H and O–H groups in total. The minimum atomic E-state index is -3.00. The number of aryl methyl sites for hydroxylation is 1. The Bertz CT molecular complexity index is 1080. The van der Waals surface area contributed by atoms with Crippen LogP contribution in [-0.2, 0) is 6.61 Å². The molecule has 1 amide bonds. The summed E-state index contributed by atoms with van der Waals surface area (Å²) in [4.78, 5) is 16.9. The highest BCUT2D eigenvalue weighted by Crippen LogP contribution is 2.31. The van der Waals surface area contributed by atoms with Crippen LogP contribution in [0.4, 0.5) is 8.78 Å². The number of hydrogen-bond acceptors (Lipinski definition) is 6. The van der Waals surface area contributed by atoms with Crippen LogP contribution >= 0.6 is 0 Å². The van der Waals surface area contributed by atoms with E-state index in [1.54, 1.807) is 37.4 Å². The Morgan fingerprint density at radius 1 is 1.40 bits per heavy atom. The van der Waals surface area contributed by atoms with Gasteiger partial charge in [0.2, 0.25) is 5.88 Å². The monoisotopic (exact) mass is 417 g/mol. The predicted octanol–water partition coefficient (Wildman–Crippen LogP) is 3.06. The van der Waals surface area contributed by atoms with E-state index in [9.17, 15) is 13.6 Å². The van der Waals surface area contributed by atoms with Crippen molar-refractivity contribution in [3.8, 4) is 11.6 Å². The van der Waals surface area contributed by atoms with E-state index < -0.39 is 24.4 Å². The maximum Gasteiger partial charge on any atom is 0.281 e. The van der Waals surface area contributed by atoms with Gasteiger partial charge in [-0.3, -0.25) is 4.79 Å². The fourth-order valence-electron chi connectivity index (χ4n) is 3.49. The first kappa shape index (κ1) is 20.1. The number of benzene rings is 1. The highest BCUT2D eigenvalue weighted by molar-refractivity contribution is 6.07. The van der Waals surface area contributed by atoms with Gasteiger partial charge < -0.3 is 24.5 Å². The van der Waals surface area contributed by atoms with Crippen LogP contribution in [0.2, 0.25) is 0 Å². The van der Waals surface area contributed by atoms with Crippen molar-refractivity contribution in [2.75, 3.05) is 20.2 Å². The SMILES string of the molecule is COc1ncccc1COc1ccc2oc(C)c(C(=O)NC3CNCC3(F)F)c2c1. The van der Waals surface area contributed by atoms with Crippen LogP contribution in [0.3, 0.4) is 0 Å². The molecule has 1 aliphatic rings. The van der Waals surface area contributed by atoms with E-state index >= 15 is 0 Å². The lowest BCUT2D eigenvalue weighted by Gasteiger charge is -2.19. The number of alkyl halides is 2. The zero-order valence-electron chi connectivity index (χ0n) is 16.5. The van der Waals surface area contributed by atoms with Gasteiger partial charge in [0.15, 0.2) is 0 Å². The number of pyridine rings is 1. The third kappa shape index (κ3) is 3.80. The maximum atomic E-state index is 13.9. The minimum absolute atomic E-state index is 0.00881. The zero-order chi connectivity index (χ0) is 21.3. The fraction of sp³-hybridized carbons (Fsp3) is 0.333. The number of ether oxygens (including phenoxy) is 2. The topological polar surface area (TPSA) is 85.6 Å². The molecule has 7 nitrogen and oxygen atoms in total. The van der Waals surface area contributed by atoms with Crippen LogP contribution in [0.25, 0.3) is 11.0 Å². The Morgan fingerprint density at radius 2 is 2.23 bits per heavy atom. The summed E-state index contributed by atoms with van der Waals surface area (Å²) in [6.45, 7) is 1.38. The second kappa shape index (κ2) is 7.91. The van der Waals surface area contributed by atoms with Gasteiger partial charge in [0.1, 0.15) is 29.7 Å². The number of halogens is 2. The standard InChI is InChI=1S/C21H21F2N3O4/c1-12-18(19(27)26-17-9-24-11-21(17,22)23)15-8-14(5-6-16(15)30-12)29-10-13-4-3-7-25-20(13)28-2/h3-8,17,24H,9-11H2,1-2H3,(H,26,27). The largest absolute Gasteiger partial charge is 0.489 e. The maximum absolute atomic E-state index is 13.9. The first-order chi connectivity index (χ1) is 14.4. The van der Waals surface area contributed by atoms with Crippen molar-refractivity contribution < 1.29 is 27.5 Å². The molecule has 1 fully saturated rings. The van der Waals surface area contributed by atoms with E-state index in [-0.39, 0.29) is 18.7 Å². The van der Waals surface area contributed by atoms with Crippen molar-refractivity contribution in [1.82, 2.24) is 15.6 Å². The molecule has 0 saturated carbocycles. The van der Waals surface area contributed by atoms with Gasteiger partial charge in [0, 0.05) is 18.1 Å². The van der Waals surface area contributed by atoms with Gasteiger partial charge in [-0.25, -0.2) is 13.8 Å². The van der Waals surface area contributed by atoms with Gasteiger partial charge >= 0.3 is 0 Å². The molecule has 0 radical (unpaired) electrons. The lowest BCUT2D eigenvalue weighted by Crippen LogP contribution is -2.46. The summed E-state index contributed by atoms with van der Waals surface area (Å²) in [5, 5.41) is 5.51. The summed E-state index contributed by atoms with van der Waals surface area (Å²) in [5.74, 6) is -2.30. The highest BCUT2D eigenvalue weighted by Gasteiger charge is 2.45.